The van der Waals surface area contributed by atoms with Crippen LogP contribution in [0.1, 0.15) is 0 Å². The second-order valence-corrected chi connectivity index (χ2v) is 7.08. The van der Waals surface area contributed by atoms with Gasteiger partial charge in [0.1, 0.15) is 30.4 Å². The van der Waals surface area contributed by atoms with Crippen molar-refractivity contribution in [1.29, 1.82) is 0 Å². The van der Waals surface area contributed by atoms with E-state index in [9.17, 15) is 14.9 Å². The number of esters is 1. The third-order valence-electron chi connectivity index (χ3n) is 4.95. The summed E-state index contributed by atoms with van der Waals surface area (Å²) in [5.41, 5.74) is 0.289. The van der Waals surface area contributed by atoms with Gasteiger partial charge in [-0.2, -0.15) is 0 Å². The average molecular weight is 461 g/mol. The molecule has 0 aliphatic carbocycles. The van der Waals surface area contributed by atoms with Crippen LogP contribution in [0, 0.1) is 10.1 Å². The zero-order valence-corrected chi connectivity index (χ0v) is 18.6. The van der Waals surface area contributed by atoms with Crippen LogP contribution in [-0.2, 0) is 9.53 Å². The Balaban J connectivity index is 1.52. The number of nitrogens with zero attached hydrogens (tertiary/aromatic N) is 2. The van der Waals surface area contributed by atoms with Gasteiger partial charge in [0.05, 0.1) is 44.1 Å². The molecule has 0 bridgehead atoms. The highest BCUT2D eigenvalue weighted by Crippen LogP contribution is 2.31. The fourth-order valence-electron chi connectivity index (χ4n) is 3.24. The van der Waals surface area contributed by atoms with Gasteiger partial charge in [-0.15, -0.1) is 0 Å². The van der Waals surface area contributed by atoms with E-state index in [1.807, 2.05) is 0 Å². The number of morpholine rings is 1. The lowest BCUT2D eigenvalue weighted by atomic mass is 10.2. The number of nitrogens with one attached hydrogen (secondary N) is 1. The van der Waals surface area contributed by atoms with Gasteiger partial charge in [0, 0.05) is 25.7 Å². The van der Waals surface area contributed by atoms with Crippen molar-refractivity contribution in [1.82, 2.24) is 4.90 Å². The lowest BCUT2D eigenvalue weighted by Gasteiger charge is -2.26. The molecule has 11 heteroatoms. The van der Waals surface area contributed by atoms with Crippen molar-refractivity contribution in [2.75, 3.05) is 65.5 Å². The van der Waals surface area contributed by atoms with Crippen molar-refractivity contribution in [2.45, 2.75) is 0 Å². The Kier molecular flexibility index (Phi) is 8.67. The molecule has 178 valence electrons. The highest BCUT2D eigenvalue weighted by molar-refractivity contribution is 5.78. The number of ether oxygens (including phenoxy) is 5. The van der Waals surface area contributed by atoms with Gasteiger partial charge in [0.2, 0.25) is 0 Å². The van der Waals surface area contributed by atoms with Crippen molar-refractivity contribution in [3.8, 4) is 23.0 Å². The van der Waals surface area contributed by atoms with Crippen molar-refractivity contribution in [2.24, 2.45) is 0 Å². The van der Waals surface area contributed by atoms with Gasteiger partial charge < -0.3 is 29.0 Å². The summed E-state index contributed by atoms with van der Waals surface area (Å²) in [5.74, 6) is 0.660. The standard InChI is InChI=1S/C22H27N3O8/c1-29-20-6-4-17(13-19(20)25(27)28)33-22(26)15-23-18-5-3-16(14-21(18)30-2)32-12-9-24-7-10-31-11-8-24/h3-6,13-14,23H,7-12,15H2,1-2H3. The quantitative estimate of drug-likeness (QED) is 0.231. The topological polar surface area (TPSA) is 122 Å². The molecule has 2 aromatic carbocycles. The first kappa shape index (κ1) is 24.1. The Morgan fingerprint density at radius 2 is 1.82 bits per heavy atom. The van der Waals surface area contributed by atoms with Crippen LogP contribution in [-0.4, -0.2) is 76.0 Å². The lowest BCUT2D eigenvalue weighted by molar-refractivity contribution is -0.385. The molecule has 1 N–H and O–H groups in total. The number of carbonyl (C=O) groups excluding carboxylic acids is 1. The van der Waals surface area contributed by atoms with Crippen LogP contribution in [0.25, 0.3) is 0 Å². The largest absolute Gasteiger partial charge is 0.494 e. The van der Waals surface area contributed by atoms with Gasteiger partial charge in [-0.25, -0.2) is 4.79 Å². The van der Waals surface area contributed by atoms with E-state index in [2.05, 4.69) is 10.2 Å². The molecule has 0 saturated carbocycles. The summed E-state index contributed by atoms with van der Waals surface area (Å²) in [6.07, 6.45) is 0. The minimum absolute atomic E-state index is 0.0466. The number of anilines is 1. The number of carbonyl (C=O) groups is 1. The summed E-state index contributed by atoms with van der Waals surface area (Å²) in [5, 5.41) is 14.1. The minimum atomic E-state index is -0.623. The number of nitro groups is 1. The first-order chi connectivity index (χ1) is 16.0. The second-order valence-electron chi connectivity index (χ2n) is 7.08. The lowest BCUT2D eigenvalue weighted by Crippen LogP contribution is -2.38. The molecule has 0 unspecified atom stereocenters. The van der Waals surface area contributed by atoms with Gasteiger partial charge >= 0.3 is 11.7 Å². The van der Waals surface area contributed by atoms with E-state index in [0.717, 1.165) is 38.9 Å². The van der Waals surface area contributed by atoms with Crippen LogP contribution in [0.5, 0.6) is 23.0 Å². The highest BCUT2D eigenvalue weighted by atomic mass is 16.6. The minimum Gasteiger partial charge on any atom is -0.494 e. The van der Waals surface area contributed by atoms with Crippen molar-refractivity contribution in [3.05, 3.63) is 46.5 Å². The van der Waals surface area contributed by atoms with Crippen LogP contribution < -0.4 is 24.3 Å². The Bertz CT molecular complexity index is 963. The van der Waals surface area contributed by atoms with E-state index in [4.69, 9.17) is 23.7 Å². The monoisotopic (exact) mass is 461 g/mol. The molecule has 0 aromatic heterocycles. The summed E-state index contributed by atoms with van der Waals surface area (Å²) >= 11 is 0. The molecule has 11 nitrogen and oxygen atoms in total. The van der Waals surface area contributed by atoms with E-state index in [-0.39, 0.29) is 23.7 Å². The Morgan fingerprint density at radius 1 is 1.09 bits per heavy atom. The highest BCUT2D eigenvalue weighted by Gasteiger charge is 2.17. The Morgan fingerprint density at radius 3 is 2.52 bits per heavy atom. The fraction of sp³-hybridized carbons (Fsp3) is 0.409. The first-order valence-electron chi connectivity index (χ1n) is 10.4. The van der Waals surface area contributed by atoms with Gasteiger partial charge in [-0.1, -0.05) is 0 Å². The van der Waals surface area contributed by atoms with Crippen LogP contribution in [0.3, 0.4) is 0 Å². The molecule has 3 rings (SSSR count). The summed E-state index contributed by atoms with van der Waals surface area (Å²) < 4.78 is 26.7. The third kappa shape index (κ3) is 6.96. The molecule has 0 radical (unpaired) electrons. The van der Waals surface area contributed by atoms with Crippen molar-refractivity contribution < 1.29 is 33.4 Å². The molecule has 0 amide bonds. The fourth-order valence-corrected chi connectivity index (χ4v) is 3.24. The van der Waals surface area contributed by atoms with E-state index < -0.39 is 10.9 Å². The van der Waals surface area contributed by atoms with Crippen LogP contribution in [0.15, 0.2) is 36.4 Å². The SMILES string of the molecule is COc1cc(OCCN2CCOCC2)ccc1NCC(=O)Oc1ccc(OC)c([N+](=O)[O-])c1. The zero-order chi connectivity index (χ0) is 23.6. The molecular weight excluding hydrogens is 434 g/mol. The molecular formula is C22H27N3O8. The Labute approximate surface area is 191 Å². The molecule has 0 atom stereocenters. The van der Waals surface area contributed by atoms with Crippen molar-refractivity contribution in [3.63, 3.8) is 0 Å². The predicted molar refractivity (Wildman–Crippen MR) is 120 cm³/mol. The van der Waals surface area contributed by atoms with Gasteiger partial charge in [-0.05, 0) is 24.3 Å². The summed E-state index contributed by atoms with van der Waals surface area (Å²) in [6.45, 7) is 4.45. The number of methoxy groups -OCH3 is 2. The van der Waals surface area contributed by atoms with Gasteiger partial charge in [0.15, 0.2) is 5.75 Å². The normalized spacial score (nSPS) is 13.8. The Hall–Kier alpha value is -3.57. The van der Waals surface area contributed by atoms with Crippen LogP contribution in [0.4, 0.5) is 11.4 Å². The van der Waals surface area contributed by atoms with Crippen LogP contribution >= 0.6 is 0 Å². The summed E-state index contributed by atoms with van der Waals surface area (Å²) in [4.78, 5) is 25.0. The average Bonchev–Trinajstić information content (AvgIpc) is 2.83. The number of benzene rings is 2. The third-order valence-corrected chi connectivity index (χ3v) is 4.95. The predicted octanol–water partition coefficient (Wildman–Crippen LogP) is 2.34. The van der Waals surface area contributed by atoms with Gasteiger partial charge in [-0.3, -0.25) is 15.0 Å². The number of hydrogen-bond acceptors (Lipinski definition) is 10. The zero-order valence-electron chi connectivity index (χ0n) is 18.6. The maximum Gasteiger partial charge on any atom is 0.330 e. The van der Waals surface area contributed by atoms with Crippen molar-refractivity contribution >= 4 is 17.3 Å². The van der Waals surface area contributed by atoms with Gasteiger partial charge in [0.25, 0.3) is 0 Å². The van der Waals surface area contributed by atoms with E-state index in [0.29, 0.717) is 23.8 Å². The molecule has 33 heavy (non-hydrogen) atoms. The summed E-state index contributed by atoms with van der Waals surface area (Å²) in [7, 11) is 2.85. The van der Waals surface area contributed by atoms with E-state index >= 15 is 0 Å². The molecule has 1 aliphatic heterocycles. The maximum absolute atomic E-state index is 12.2. The van der Waals surface area contributed by atoms with E-state index in [1.165, 1.54) is 26.4 Å². The van der Waals surface area contributed by atoms with Crippen LogP contribution in [0.2, 0.25) is 0 Å². The molecule has 2 aromatic rings. The molecule has 1 heterocycles. The molecule has 0 spiro atoms. The van der Waals surface area contributed by atoms with E-state index in [1.54, 1.807) is 18.2 Å². The number of hydrogen-bond donors (Lipinski definition) is 1. The number of rotatable bonds is 11. The number of nitro benzene ring substituents is 1. The smallest absolute Gasteiger partial charge is 0.330 e. The molecule has 1 fully saturated rings. The maximum atomic E-state index is 12.2. The molecule has 1 aliphatic rings. The summed E-state index contributed by atoms with van der Waals surface area (Å²) in [6, 6.07) is 9.19. The second kappa shape index (κ2) is 11.9. The molecule has 1 saturated heterocycles. The first-order valence-corrected chi connectivity index (χ1v) is 10.4.